The van der Waals surface area contributed by atoms with Crippen molar-refractivity contribution in [2.75, 3.05) is 23.7 Å². The van der Waals surface area contributed by atoms with Crippen molar-refractivity contribution in [2.45, 2.75) is 47.0 Å². The molecule has 108 valence electrons. The van der Waals surface area contributed by atoms with Gasteiger partial charge in [-0.3, -0.25) is 4.68 Å². The average Bonchev–Trinajstić information content (AvgIpc) is 2.63. The molecular weight excluding hydrogens is 236 g/mol. The molecule has 0 aromatic carbocycles. The van der Waals surface area contributed by atoms with Gasteiger partial charge in [-0.1, -0.05) is 27.7 Å². The van der Waals surface area contributed by atoms with Crippen molar-refractivity contribution >= 4 is 11.5 Å². The lowest BCUT2D eigenvalue weighted by molar-refractivity contribution is 0.198. The van der Waals surface area contributed by atoms with Crippen LogP contribution in [0, 0.1) is 11.3 Å². The number of rotatable bonds is 2. The lowest BCUT2D eigenvalue weighted by Gasteiger charge is -2.39. The van der Waals surface area contributed by atoms with Gasteiger partial charge in [-0.05, 0) is 30.6 Å². The van der Waals surface area contributed by atoms with Gasteiger partial charge >= 0.3 is 0 Å². The van der Waals surface area contributed by atoms with Gasteiger partial charge in [0.25, 0.3) is 0 Å². The van der Waals surface area contributed by atoms with E-state index in [-0.39, 0.29) is 0 Å². The summed E-state index contributed by atoms with van der Waals surface area (Å²) in [5.74, 6) is 1.92. The molecule has 4 nitrogen and oxygen atoms in total. The lowest BCUT2D eigenvalue weighted by Crippen LogP contribution is -2.39. The largest absolute Gasteiger partial charge is 0.394 e. The second-order valence-electron chi connectivity index (χ2n) is 6.79. The summed E-state index contributed by atoms with van der Waals surface area (Å²) in [5.41, 5.74) is 8.55. The van der Waals surface area contributed by atoms with Gasteiger partial charge < -0.3 is 10.6 Å². The fraction of sp³-hybridized carbons (Fsp3) is 0.800. The second kappa shape index (κ2) is 5.06. The number of hydrogen-bond donors (Lipinski definition) is 1. The standard InChI is InChI=1S/C15H28N4/c1-6-12-13(16)14(18(5)17-12)19-9-7-11(8-10-19)15(2,3)4/h11H,6-10,16H2,1-5H3. The van der Waals surface area contributed by atoms with Crippen LogP contribution in [0.1, 0.15) is 46.2 Å². The third kappa shape index (κ3) is 2.72. The Morgan fingerprint density at radius 2 is 1.84 bits per heavy atom. The Morgan fingerprint density at radius 3 is 2.26 bits per heavy atom. The summed E-state index contributed by atoms with van der Waals surface area (Å²) in [7, 11) is 2.00. The molecule has 0 saturated carbocycles. The van der Waals surface area contributed by atoms with Crippen LogP contribution >= 0.6 is 0 Å². The molecule has 2 rings (SSSR count). The van der Waals surface area contributed by atoms with Crippen LogP contribution in [0.5, 0.6) is 0 Å². The highest BCUT2D eigenvalue weighted by Gasteiger charge is 2.30. The average molecular weight is 264 g/mol. The second-order valence-corrected chi connectivity index (χ2v) is 6.79. The molecule has 2 N–H and O–H groups in total. The number of aromatic nitrogens is 2. The number of nitrogen functional groups attached to an aromatic ring is 1. The molecule has 0 bridgehead atoms. The summed E-state index contributed by atoms with van der Waals surface area (Å²) in [6.07, 6.45) is 3.39. The first-order valence-corrected chi connectivity index (χ1v) is 7.40. The van der Waals surface area contributed by atoms with Gasteiger partial charge in [0.05, 0.1) is 11.4 Å². The molecule has 0 unspecified atom stereocenters. The molecule has 4 heteroatoms. The predicted octanol–water partition coefficient (Wildman–Crippen LogP) is 2.83. The van der Waals surface area contributed by atoms with E-state index in [9.17, 15) is 0 Å². The molecule has 2 heterocycles. The fourth-order valence-corrected chi connectivity index (χ4v) is 3.18. The zero-order valence-electron chi connectivity index (χ0n) is 13.0. The van der Waals surface area contributed by atoms with Crippen LogP contribution in [0.3, 0.4) is 0 Å². The SMILES string of the molecule is CCc1nn(C)c(N2CCC(C(C)(C)C)CC2)c1N. The molecule has 1 aliphatic rings. The maximum atomic E-state index is 6.24. The molecule has 0 spiro atoms. The third-order valence-electron chi connectivity index (χ3n) is 4.48. The summed E-state index contributed by atoms with van der Waals surface area (Å²) in [6, 6.07) is 0. The lowest BCUT2D eigenvalue weighted by atomic mass is 9.75. The van der Waals surface area contributed by atoms with E-state index in [1.54, 1.807) is 0 Å². The first-order valence-electron chi connectivity index (χ1n) is 7.40. The number of aryl methyl sites for hydroxylation is 2. The van der Waals surface area contributed by atoms with Crippen LogP contribution in [0.15, 0.2) is 0 Å². The molecule has 1 saturated heterocycles. The highest BCUT2D eigenvalue weighted by molar-refractivity contribution is 5.66. The first kappa shape index (κ1) is 14.2. The molecule has 1 aromatic rings. The summed E-state index contributed by atoms with van der Waals surface area (Å²) in [6.45, 7) is 11.3. The number of piperidine rings is 1. The van der Waals surface area contributed by atoms with Crippen molar-refractivity contribution in [3.05, 3.63) is 5.69 Å². The van der Waals surface area contributed by atoms with Gasteiger partial charge in [-0.25, -0.2) is 0 Å². The van der Waals surface area contributed by atoms with E-state index < -0.39 is 0 Å². The molecule has 1 fully saturated rings. The van der Waals surface area contributed by atoms with Crippen LogP contribution in [0.25, 0.3) is 0 Å². The fourth-order valence-electron chi connectivity index (χ4n) is 3.18. The minimum Gasteiger partial charge on any atom is -0.394 e. The number of nitrogens with two attached hydrogens (primary N) is 1. The molecule has 0 radical (unpaired) electrons. The maximum absolute atomic E-state index is 6.24. The Bertz CT molecular complexity index is 434. The van der Waals surface area contributed by atoms with Gasteiger partial charge in [0.15, 0.2) is 0 Å². The van der Waals surface area contributed by atoms with Crippen molar-refractivity contribution in [3.63, 3.8) is 0 Å². The quantitative estimate of drug-likeness (QED) is 0.893. The number of nitrogens with zero attached hydrogens (tertiary/aromatic N) is 3. The van der Waals surface area contributed by atoms with Crippen molar-refractivity contribution in [1.29, 1.82) is 0 Å². The van der Waals surface area contributed by atoms with Crippen molar-refractivity contribution in [2.24, 2.45) is 18.4 Å². The van der Waals surface area contributed by atoms with Crippen LogP contribution in [0.4, 0.5) is 11.5 Å². The van der Waals surface area contributed by atoms with Crippen LogP contribution in [0.2, 0.25) is 0 Å². The smallest absolute Gasteiger partial charge is 0.150 e. The zero-order valence-corrected chi connectivity index (χ0v) is 13.0. The topological polar surface area (TPSA) is 47.1 Å². The van der Waals surface area contributed by atoms with E-state index >= 15 is 0 Å². The van der Waals surface area contributed by atoms with E-state index in [1.807, 2.05) is 11.7 Å². The Kier molecular flexibility index (Phi) is 3.79. The number of hydrogen-bond acceptors (Lipinski definition) is 3. The van der Waals surface area contributed by atoms with Gasteiger partial charge in [-0.2, -0.15) is 5.10 Å². The van der Waals surface area contributed by atoms with Crippen molar-refractivity contribution < 1.29 is 0 Å². The van der Waals surface area contributed by atoms with Crippen LogP contribution in [-0.2, 0) is 13.5 Å². The Hall–Kier alpha value is -1.19. The van der Waals surface area contributed by atoms with Gasteiger partial charge in [-0.15, -0.1) is 0 Å². The normalized spacial score (nSPS) is 18.1. The van der Waals surface area contributed by atoms with E-state index in [4.69, 9.17) is 5.73 Å². The summed E-state index contributed by atoms with van der Waals surface area (Å²) < 4.78 is 1.95. The predicted molar refractivity (Wildman–Crippen MR) is 81.4 cm³/mol. The molecule has 0 amide bonds. The highest BCUT2D eigenvalue weighted by Crippen LogP contribution is 2.37. The summed E-state index contributed by atoms with van der Waals surface area (Å²) >= 11 is 0. The van der Waals surface area contributed by atoms with E-state index in [0.29, 0.717) is 5.41 Å². The molecule has 19 heavy (non-hydrogen) atoms. The van der Waals surface area contributed by atoms with Crippen molar-refractivity contribution in [1.82, 2.24) is 9.78 Å². The minimum atomic E-state index is 0.415. The van der Waals surface area contributed by atoms with Crippen LogP contribution in [-0.4, -0.2) is 22.9 Å². The Morgan fingerprint density at radius 1 is 1.26 bits per heavy atom. The molecular formula is C15H28N4. The van der Waals surface area contributed by atoms with Crippen LogP contribution < -0.4 is 10.6 Å². The van der Waals surface area contributed by atoms with Crippen molar-refractivity contribution in [3.8, 4) is 0 Å². The summed E-state index contributed by atoms with van der Waals surface area (Å²) in [5, 5.41) is 4.52. The zero-order chi connectivity index (χ0) is 14.2. The first-order chi connectivity index (χ1) is 8.84. The molecule has 0 atom stereocenters. The maximum Gasteiger partial charge on any atom is 0.150 e. The molecule has 1 aromatic heterocycles. The van der Waals surface area contributed by atoms with Gasteiger partial charge in [0, 0.05) is 20.1 Å². The Balaban J connectivity index is 2.12. The third-order valence-corrected chi connectivity index (χ3v) is 4.48. The van der Waals surface area contributed by atoms with E-state index in [2.05, 4.69) is 37.7 Å². The highest BCUT2D eigenvalue weighted by atomic mass is 15.4. The van der Waals surface area contributed by atoms with E-state index in [0.717, 1.165) is 42.6 Å². The molecule has 1 aliphatic heterocycles. The van der Waals surface area contributed by atoms with E-state index in [1.165, 1.54) is 12.8 Å². The van der Waals surface area contributed by atoms with Gasteiger partial charge in [0.2, 0.25) is 0 Å². The Labute approximate surface area is 117 Å². The summed E-state index contributed by atoms with van der Waals surface area (Å²) in [4.78, 5) is 2.41. The monoisotopic (exact) mass is 264 g/mol. The number of anilines is 2. The van der Waals surface area contributed by atoms with Gasteiger partial charge in [0.1, 0.15) is 5.82 Å². The minimum absolute atomic E-state index is 0.415. The molecule has 0 aliphatic carbocycles.